The van der Waals surface area contributed by atoms with Crippen molar-refractivity contribution in [2.75, 3.05) is 0 Å². The van der Waals surface area contributed by atoms with Crippen molar-refractivity contribution in [2.24, 2.45) is 5.41 Å². The summed E-state index contributed by atoms with van der Waals surface area (Å²) >= 11 is 0. The number of hydrogen-bond acceptors (Lipinski definition) is 3. The van der Waals surface area contributed by atoms with Crippen molar-refractivity contribution in [2.45, 2.75) is 65.9 Å². The molecule has 0 radical (unpaired) electrons. The van der Waals surface area contributed by atoms with E-state index in [0.717, 1.165) is 25.7 Å². The van der Waals surface area contributed by atoms with E-state index in [2.05, 4.69) is 6.92 Å². The van der Waals surface area contributed by atoms with Crippen molar-refractivity contribution in [3.63, 3.8) is 0 Å². The van der Waals surface area contributed by atoms with Gasteiger partial charge in [-0.15, -0.1) is 0 Å². The molecule has 0 saturated heterocycles. The second kappa shape index (κ2) is 7.30. The molecule has 0 bridgehead atoms. The fraction of sp³-hybridized carbons (Fsp3) is 0.846. The Bertz CT molecular complexity index is 260. The highest BCUT2D eigenvalue weighted by Crippen LogP contribution is 2.27. The van der Waals surface area contributed by atoms with Crippen LogP contribution >= 0.6 is 0 Å². The second-order valence-corrected chi connectivity index (χ2v) is 4.90. The Labute approximate surface area is 103 Å². The number of carboxylic acids is 1. The summed E-state index contributed by atoms with van der Waals surface area (Å²) in [5.41, 5.74) is -1.40. The van der Waals surface area contributed by atoms with Gasteiger partial charge in [-0.3, -0.25) is 9.59 Å². The van der Waals surface area contributed by atoms with Gasteiger partial charge in [-0.2, -0.15) is 0 Å². The summed E-state index contributed by atoms with van der Waals surface area (Å²) in [7, 11) is 0. The van der Waals surface area contributed by atoms with Crippen LogP contribution in [0.2, 0.25) is 0 Å². The minimum Gasteiger partial charge on any atom is -0.480 e. The summed E-state index contributed by atoms with van der Waals surface area (Å²) in [6.45, 7) is 6.98. The van der Waals surface area contributed by atoms with E-state index in [1.165, 1.54) is 6.92 Å². The van der Waals surface area contributed by atoms with E-state index in [1.807, 2.05) is 0 Å². The van der Waals surface area contributed by atoms with Crippen LogP contribution in [0.3, 0.4) is 0 Å². The van der Waals surface area contributed by atoms with Gasteiger partial charge in [0, 0.05) is 0 Å². The Balaban J connectivity index is 4.45. The molecule has 0 saturated carbocycles. The summed E-state index contributed by atoms with van der Waals surface area (Å²) in [4.78, 5) is 23.0. The molecule has 0 aliphatic carbocycles. The van der Waals surface area contributed by atoms with E-state index in [0.29, 0.717) is 6.42 Å². The summed E-state index contributed by atoms with van der Waals surface area (Å²) < 4.78 is 5.01. The number of ether oxygens (including phenoxy) is 1. The lowest BCUT2D eigenvalue weighted by Gasteiger charge is -2.24. The van der Waals surface area contributed by atoms with Crippen LogP contribution in [0, 0.1) is 5.41 Å². The summed E-state index contributed by atoms with van der Waals surface area (Å²) in [5, 5.41) is 9.17. The van der Waals surface area contributed by atoms with Crippen molar-refractivity contribution in [1.29, 1.82) is 0 Å². The zero-order valence-electron chi connectivity index (χ0n) is 11.3. The summed E-state index contributed by atoms with van der Waals surface area (Å²) in [6, 6.07) is 0. The molecule has 0 aromatic heterocycles. The van der Waals surface area contributed by atoms with Crippen molar-refractivity contribution < 1.29 is 19.4 Å². The Morgan fingerprint density at radius 2 is 1.82 bits per heavy atom. The minimum atomic E-state index is -1.40. The van der Waals surface area contributed by atoms with E-state index in [4.69, 9.17) is 4.74 Å². The molecule has 17 heavy (non-hydrogen) atoms. The van der Waals surface area contributed by atoms with Gasteiger partial charge in [0.05, 0.1) is 6.10 Å². The molecule has 1 atom stereocenters. The first-order valence-corrected chi connectivity index (χ1v) is 6.29. The molecule has 0 aromatic rings. The molecule has 0 aromatic carbocycles. The molecule has 4 nitrogen and oxygen atoms in total. The van der Waals surface area contributed by atoms with Crippen molar-refractivity contribution >= 4 is 11.9 Å². The van der Waals surface area contributed by atoms with E-state index < -0.39 is 17.4 Å². The van der Waals surface area contributed by atoms with E-state index in [-0.39, 0.29) is 6.10 Å². The van der Waals surface area contributed by atoms with Crippen molar-refractivity contribution in [1.82, 2.24) is 0 Å². The van der Waals surface area contributed by atoms with E-state index in [1.54, 1.807) is 13.8 Å². The van der Waals surface area contributed by atoms with Crippen LogP contribution in [0.5, 0.6) is 0 Å². The second-order valence-electron chi connectivity index (χ2n) is 4.90. The molecule has 0 amide bonds. The first-order valence-electron chi connectivity index (χ1n) is 6.29. The highest BCUT2D eigenvalue weighted by atomic mass is 16.5. The number of aliphatic carboxylic acids is 1. The minimum absolute atomic E-state index is 0.281. The van der Waals surface area contributed by atoms with Crippen LogP contribution in [0.25, 0.3) is 0 Å². The number of carboxylic acid groups (broad SMARTS) is 1. The fourth-order valence-corrected chi connectivity index (χ4v) is 1.55. The van der Waals surface area contributed by atoms with Gasteiger partial charge < -0.3 is 9.84 Å². The normalized spacial score (nSPS) is 14.4. The molecular weight excluding hydrogens is 220 g/mol. The van der Waals surface area contributed by atoms with Gasteiger partial charge >= 0.3 is 11.9 Å². The average Bonchev–Trinajstić information content (AvgIpc) is 2.22. The number of unbranched alkanes of at least 4 members (excludes halogenated alkanes) is 3. The Hall–Kier alpha value is -1.06. The van der Waals surface area contributed by atoms with Gasteiger partial charge in [0.15, 0.2) is 5.41 Å². The van der Waals surface area contributed by atoms with Gasteiger partial charge in [-0.1, -0.05) is 32.6 Å². The predicted molar refractivity (Wildman–Crippen MR) is 65.7 cm³/mol. The lowest BCUT2D eigenvalue weighted by atomic mass is 9.84. The molecule has 1 unspecified atom stereocenters. The molecule has 0 heterocycles. The molecule has 100 valence electrons. The number of rotatable bonds is 8. The van der Waals surface area contributed by atoms with Crippen LogP contribution in [0.1, 0.15) is 59.8 Å². The van der Waals surface area contributed by atoms with Gasteiger partial charge in [-0.25, -0.2) is 0 Å². The molecule has 0 aliphatic rings. The fourth-order valence-electron chi connectivity index (χ4n) is 1.55. The third-order valence-electron chi connectivity index (χ3n) is 2.80. The molecule has 0 spiro atoms. The maximum absolute atomic E-state index is 11.8. The Morgan fingerprint density at radius 1 is 1.24 bits per heavy atom. The lowest BCUT2D eigenvalue weighted by molar-refractivity contribution is -0.170. The van der Waals surface area contributed by atoms with Crippen LogP contribution < -0.4 is 0 Å². The maximum Gasteiger partial charge on any atom is 0.323 e. The highest BCUT2D eigenvalue weighted by Gasteiger charge is 2.42. The standard InChI is InChI=1S/C13H24O4/c1-5-6-7-8-9-13(4,11(14)15)12(16)17-10(2)3/h10H,5-9H2,1-4H3,(H,14,15). The largest absolute Gasteiger partial charge is 0.480 e. The highest BCUT2D eigenvalue weighted by molar-refractivity contribution is 5.98. The Kier molecular flexibility index (Phi) is 6.85. The van der Waals surface area contributed by atoms with Gasteiger partial charge in [0.25, 0.3) is 0 Å². The lowest BCUT2D eigenvalue weighted by Crippen LogP contribution is -2.39. The van der Waals surface area contributed by atoms with Crippen molar-refractivity contribution in [3.8, 4) is 0 Å². The van der Waals surface area contributed by atoms with Gasteiger partial charge in [0.2, 0.25) is 0 Å². The monoisotopic (exact) mass is 244 g/mol. The quantitative estimate of drug-likeness (QED) is 0.405. The average molecular weight is 244 g/mol. The maximum atomic E-state index is 11.8. The zero-order valence-corrected chi connectivity index (χ0v) is 11.3. The summed E-state index contributed by atoms with van der Waals surface area (Å²) in [5.74, 6) is -1.73. The smallest absolute Gasteiger partial charge is 0.323 e. The first-order chi connectivity index (χ1) is 7.84. The third kappa shape index (κ3) is 5.20. The van der Waals surface area contributed by atoms with Crippen LogP contribution in [-0.2, 0) is 14.3 Å². The van der Waals surface area contributed by atoms with Crippen molar-refractivity contribution in [3.05, 3.63) is 0 Å². The number of carbonyl (C=O) groups is 2. The third-order valence-corrected chi connectivity index (χ3v) is 2.80. The molecular formula is C13H24O4. The topological polar surface area (TPSA) is 63.6 Å². The number of esters is 1. The number of hydrogen-bond donors (Lipinski definition) is 1. The SMILES string of the molecule is CCCCCCC(C)(C(=O)O)C(=O)OC(C)C. The van der Waals surface area contributed by atoms with Crippen LogP contribution in [0.4, 0.5) is 0 Å². The molecule has 0 fully saturated rings. The van der Waals surface area contributed by atoms with E-state index >= 15 is 0 Å². The van der Waals surface area contributed by atoms with Gasteiger partial charge in [-0.05, 0) is 27.2 Å². The number of carbonyl (C=O) groups excluding carboxylic acids is 1. The molecule has 0 rings (SSSR count). The predicted octanol–water partition coefficient (Wildman–Crippen LogP) is 3.00. The Morgan fingerprint density at radius 3 is 2.24 bits per heavy atom. The first kappa shape index (κ1) is 15.9. The van der Waals surface area contributed by atoms with Gasteiger partial charge in [0.1, 0.15) is 0 Å². The summed E-state index contributed by atoms with van der Waals surface area (Å²) in [6.07, 6.45) is 3.90. The van der Waals surface area contributed by atoms with E-state index in [9.17, 15) is 14.7 Å². The molecule has 4 heteroatoms. The molecule has 1 N–H and O–H groups in total. The van der Waals surface area contributed by atoms with Crippen LogP contribution in [-0.4, -0.2) is 23.1 Å². The zero-order chi connectivity index (χ0) is 13.5. The van der Waals surface area contributed by atoms with Crippen LogP contribution in [0.15, 0.2) is 0 Å². The molecule has 0 aliphatic heterocycles.